The van der Waals surface area contributed by atoms with E-state index in [0.717, 1.165) is 16.8 Å². The Balaban J connectivity index is 1.72. The zero-order chi connectivity index (χ0) is 21.8. The summed E-state index contributed by atoms with van der Waals surface area (Å²) in [5, 5.41) is 10.0. The van der Waals surface area contributed by atoms with Gasteiger partial charge in [-0.3, -0.25) is 9.59 Å². The van der Waals surface area contributed by atoms with Crippen LogP contribution in [0.3, 0.4) is 0 Å². The maximum atomic E-state index is 13.0. The molecule has 2 amide bonds. The maximum absolute atomic E-state index is 13.0. The molecule has 0 spiro atoms. The molecule has 0 aliphatic carbocycles. The minimum atomic E-state index is -0.468. The highest BCUT2D eigenvalue weighted by Gasteiger charge is 2.20. The van der Waals surface area contributed by atoms with Crippen LogP contribution in [0.25, 0.3) is 17.1 Å². The van der Waals surface area contributed by atoms with Crippen LogP contribution in [0.5, 0.6) is 0 Å². The van der Waals surface area contributed by atoms with Gasteiger partial charge in [0.25, 0.3) is 5.91 Å². The maximum Gasteiger partial charge on any atom is 0.295 e. The number of benzene rings is 3. The third-order valence-corrected chi connectivity index (χ3v) is 4.58. The molecule has 0 radical (unpaired) electrons. The molecule has 0 saturated heterocycles. The summed E-state index contributed by atoms with van der Waals surface area (Å²) in [5.41, 5.74) is 3.57. The average molecular weight is 411 g/mol. The van der Waals surface area contributed by atoms with E-state index in [1.165, 1.54) is 6.92 Å². The van der Waals surface area contributed by atoms with E-state index in [2.05, 4.69) is 20.7 Å². The van der Waals surface area contributed by atoms with Gasteiger partial charge in [-0.15, -0.1) is 5.10 Å². The molecule has 0 bridgehead atoms. The standard InChI is InChI=1S/C24H21N5O2/c1-16-13-14-20(25-17(2)30)21(15-16)26-24(31)22-27-23(18-9-5-3-6-10-18)29(28-22)19-11-7-4-8-12-19/h3-15H,1-2H3,(H,25,30)(H,26,31). The Kier molecular flexibility index (Phi) is 5.57. The van der Waals surface area contributed by atoms with Gasteiger partial charge in [-0.25, -0.2) is 9.67 Å². The van der Waals surface area contributed by atoms with Crippen molar-refractivity contribution in [3.8, 4) is 17.1 Å². The average Bonchev–Trinajstić information content (AvgIpc) is 3.22. The molecule has 1 aromatic heterocycles. The molecule has 4 aromatic rings. The van der Waals surface area contributed by atoms with Crippen molar-refractivity contribution in [2.24, 2.45) is 0 Å². The molecule has 0 saturated carbocycles. The number of aryl methyl sites for hydroxylation is 1. The molecule has 2 N–H and O–H groups in total. The van der Waals surface area contributed by atoms with Crippen LogP contribution in [0.4, 0.5) is 11.4 Å². The Bertz CT molecular complexity index is 1180. The number of hydrogen-bond donors (Lipinski definition) is 2. The Morgan fingerprint density at radius 3 is 2.19 bits per heavy atom. The Labute approximate surface area is 179 Å². The number of aromatic nitrogens is 3. The lowest BCUT2D eigenvalue weighted by Gasteiger charge is -2.11. The molecule has 7 heteroatoms. The molecule has 0 unspecified atom stereocenters. The van der Waals surface area contributed by atoms with Crippen molar-refractivity contribution in [1.29, 1.82) is 0 Å². The number of amides is 2. The van der Waals surface area contributed by atoms with E-state index < -0.39 is 5.91 Å². The summed E-state index contributed by atoms with van der Waals surface area (Å²) in [6.07, 6.45) is 0. The predicted molar refractivity (Wildman–Crippen MR) is 120 cm³/mol. The summed E-state index contributed by atoms with van der Waals surface area (Å²) >= 11 is 0. The quantitative estimate of drug-likeness (QED) is 0.508. The Hall–Kier alpha value is -4.26. The second-order valence-electron chi connectivity index (χ2n) is 7.06. The molecule has 3 aromatic carbocycles. The molecule has 0 aliphatic heterocycles. The number of para-hydroxylation sites is 1. The van der Waals surface area contributed by atoms with Crippen molar-refractivity contribution in [3.05, 3.63) is 90.3 Å². The van der Waals surface area contributed by atoms with Crippen LogP contribution < -0.4 is 10.6 Å². The Morgan fingerprint density at radius 1 is 0.839 bits per heavy atom. The van der Waals surface area contributed by atoms with Gasteiger partial charge in [0.1, 0.15) is 0 Å². The number of carbonyl (C=O) groups excluding carboxylic acids is 2. The monoisotopic (exact) mass is 411 g/mol. The molecule has 4 rings (SSSR count). The fourth-order valence-corrected chi connectivity index (χ4v) is 3.17. The number of nitrogens with one attached hydrogen (secondary N) is 2. The van der Waals surface area contributed by atoms with Crippen LogP contribution in [0, 0.1) is 6.92 Å². The highest BCUT2D eigenvalue weighted by atomic mass is 16.2. The van der Waals surface area contributed by atoms with Crippen LogP contribution in [0.15, 0.2) is 78.9 Å². The molecule has 0 fully saturated rings. The summed E-state index contributed by atoms with van der Waals surface area (Å²) < 4.78 is 1.65. The molecule has 0 aliphatic rings. The minimum absolute atomic E-state index is 0.0259. The normalized spacial score (nSPS) is 10.5. The van der Waals surface area contributed by atoms with E-state index in [-0.39, 0.29) is 11.7 Å². The fraction of sp³-hybridized carbons (Fsp3) is 0.0833. The summed E-state index contributed by atoms with van der Waals surface area (Å²) in [5.74, 6) is -0.109. The first-order valence-electron chi connectivity index (χ1n) is 9.79. The van der Waals surface area contributed by atoms with Gasteiger partial charge < -0.3 is 10.6 Å². The molecule has 0 atom stereocenters. The second kappa shape index (κ2) is 8.62. The Morgan fingerprint density at radius 2 is 1.52 bits per heavy atom. The van der Waals surface area contributed by atoms with Crippen molar-refractivity contribution in [2.75, 3.05) is 10.6 Å². The summed E-state index contributed by atoms with van der Waals surface area (Å²) in [7, 11) is 0. The van der Waals surface area contributed by atoms with Crippen LogP contribution in [0.1, 0.15) is 23.1 Å². The predicted octanol–water partition coefficient (Wildman–Crippen LogP) is 4.45. The van der Waals surface area contributed by atoms with Crippen LogP contribution >= 0.6 is 0 Å². The third kappa shape index (κ3) is 4.51. The van der Waals surface area contributed by atoms with E-state index in [0.29, 0.717) is 17.2 Å². The number of nitrogens with zero attached hydrogens (tertiary/aromatic N) is 3. The summed E-state index contributed by atoms with van der Waals surface area (Å²) in [4.78, 5) is 29.1. The van der Waals surface area contributed by atoms with Crippen molar-refractivity contribution >= 4 is 23.2 Å². The van der Waals surface area contributed by atoms with Gasteiger partial charge >= 0.3 is 0 Å². The lowest BCUT2D eigenvalue weighted by atomic mass is 10.2. The molecule has 154 valence electrons. The molecule has 31 heavy (non-hydrogen) atoms. The highest BCUT2D eigenvalue weighted by molar-refractivity contribution is 6.05. The van der Waals surface area contributed by atoms with Gasteiger partial charge in [-0.1, -0.05) is 54.6 Å². The van der Waals surface area contributed by atoms with Gasteiger partial charge in [0.2, 0.25) is 11.7 Å². The lowest BCUT2D eigenvalue weighted by Crippen LogP contribution is -2.17. The number of hydrogen-bond acceptors (Lipinski definition) is 4. The molecular formula is C24H21N5O2. The topological polar surface area (TPSA) is 88.9 Å². The van der Waals surface area contributed by atoms with E-state index in [9.17, 15) is 9.59 Å². The van der Waals surface area contributed by atoms with Crippen molar-refractivity contribution in [2.45, 2.75) is 13.8 Å². The highest BCUT2D eigenvalue weighted by Crippen LogP contribution is 2.25. The number of carbonyl (C=O) groups is 2. The van der Waals surface area contributed by atoms with Crippen molar-refractivity contribution in [1.82, 2.24) is 14.8 Å². The largest absolute Gasteiger partial charge is 0.325 e. The van der Waals surface area contributed by atoms with Crippen LogP contribution in [-0.4, -0.2) is 26.6 Å². The third-order valence-electron chi connectivity index (χ3n) is 4.58. The molecule has 7 nitrogen and oxygen atoms in total. The first-order valence-corrected chi connectivity index (χ1v) is 9.79. The number of anilines is 2. The summed E-state index contributed by atoms with van der Waals surface area (Å²) in [6, 6.07) is 24.5. The molecular weight excluding hydrogens is 390 g/mol. The van der Waals surface area contributed by atoms with Crippen LogP contribution in [0.2, 0.25) is 0 Å². The summed E-state index contributed by atoms with van der Waals surface area (Å²) in [6.45, 7) is 3.32. The number of rotatable bonds is 5. The van der Waals surface area contributed by atoms with Gasteiger partial charge in [-0.2, -0.15) is 0 Å². The van der Waals surface area contributed by atoms with E-state index in [1.54, 1.807) is 16.8 Å². The zero-order valence-corrected chi connectivity index (χ0v) is 17.2. The smallest absolute Gasteiger partial charge is 0.295 e. The van der Waals surface area contributed by atoms with Gasteiger partial charge in [0.15, 0.2) is 5.82 Å². The van der Waals surface area contributed by atoms with Crippen LogP contribution in [-0.2, 0) is 4.79 Å². The lowest BCUT2D eigenvalue weighted by molar-refractivity contribution is -0.114. The van der Waals surface area contributed by atoms with Crippen molar-refractivity contribution < 1.29 is 9.59 Å². The van der Waals surface area contributed by atoms with Gasteiger partial charge in [-0.05, 0) is 36.8 Å². The second-order valence-corrected chi connectivity index (χ2v) is 7.06. The molecule has 1 heterocycles. The zero-order valence-electron chi connectivity index (χ0n) is 17.2. The minimum Gasteiger partial charge on any atom is -0.325 e. The SMILES string of the molecule is CC(=O)Nc1ccc(C)cc1NC(=O)c1nc(-c2ccccc2)n(-c2ccccc2)n1. The van der Waals surface area contributed by atoms with Gasteiger partial charge in [0, 0.05) is 12.5 Å². The van der Waals surface area contributed by atoms with E-state index >= 15 is 0 Å². The van der Waals surface area contributed by atoms with Crippen molar-refractivity contribution in [3.63, 3.8) is 0 Å². The van der Waals surface area contributed by atoms with E-state index in [4.69, 9.17) is 0 Å². The fourth-order valence-electron chi connectivity index (χ4n) is 3.17. The van der Waals surface area contributed by atoms with E-state index in [1.807, 2.05) is 73.7 Å². The first kappa shape index (κ1) is 20.0. The van der Waals surface area contributed by atoms with Gasteiger partial charge in [0.05, 0.1) is 17.1 Å². The first-order chi connectivity index (χ1) is 15.0.